The van der Waals surface area contributed by atoms with Gasteiger partial charge in [0.1, 0.15) is 17.3 Å². The van der Waals surface area contributed by atoms with E-state index in [4.69, 9.17) is 23.2 Å². The molecule has 0 aliphatic heterocycles. The first-order valence-corrected chi connectivity index (χ1v) is 11.3. The number of hydrogen-bond donors (Lipinski definition) is 1. The molecule has 4 aromatic rings. The van der Waals surface area contributed by atoms with Crippen molar-refractivity contribution in [3.63, 3.8) is 0 Å². The molecule has 0 aliphatic rings. The Morgan fingerprint density at radius 2 is 1.91 bits per heavy atom. The van der Waals surface area contributed by atoms with Gasteiger partial charge in [-0.3, -0.25) is 9.59 Å². The predicted octanol–water partition coefficient (Wildman–Crippen LogP) is 5.24. The van der Waals surface area contributed by atoms with Crippen LogP contribution in [0.15, 0.2) is 52.1 Å². The van der Waals surface area contributed by atoms with Crippen molar-refractivity contribution < 1.29 is 9.18 Å². The molecule has 2 aromatic heterocycles. The molecule has 1 N–H and O–H groups in total. The number of thiophene rings is 1. The molecular weight excluding hydrogens is 474 g/mol. The number of ketones is 1. The quantitative estimate of drug-likeness (QED) is 0.401. The van der Waals surface area contributed by atoms with Gasteiger partial charge in [-0.15, -0.1) is 11.3 Å². The van der Waals surface area contributed by atoms with Crippen LogP contribution < -0.4 is 11.2 Å². The van der Waals surface area contributed by atoms with Gasteiger partial charge in [-0.25, -0.2) is 13.8 Å². The van der Waals surface area contributed by atoms with Crippen LogP contribution in [-0.4, -0.2) is 15.3 Å². The van der Waals surface area contributed by atoms with E-state index >= 15 is 4.39 Å². The van der Waals surface area contributed by atoms with Crippen LogP contribution in [0.1, 0.15) is 22.4 Å². The molecule has 2 aromatic carbocycles. The number of hydrogen-bond acceptors (Lipinski definition) is 4. The summed E-state index contributed by atoms with van der Waals surface area (Å²) < 4.78 is 16.3. The van der Waals surface area contributed by atoms with E-state index < -0.39 is 17.1 Å². The Kier molecular flexibility index (Phi) is 6.33. The predicted molar refractivity (Wildman–Crippen MR) is 126 cm³/mol. The fourth-order valence-electron chi connectivity index (χ4n) is 3.53. The normalized spacial score (nSPS) is 11.2. The Morgan fingerprint density at radius 3 is 2.59 bits per heavy atom. The van der Waals surface area contributed by atoms with E-state index in [1.807, 2.05) is 13.0 Å². The maximum atomic E-state index is 15.0. The molecule has 4 rings (SSSR count). The van der Waals surface area contributed by atoms with E-state index in [-0.39, 0.29) is 34.7 Å². The van der Waals surface area contributed by atoms with Crippen molar-refractivity contribution in [2.45, 2.75) is 26.2 Å². The Bertz CT molecular complexity index is 1450. The highest BCUT2D eigenvalue weighted by atomic mass is 35.5. The van der Waals surface area contributed by atoms with Gasteiger partial charge in [-0.05, 0) is 60.9 Å². The van der Waals surface area contributed by atoms with E-state index in [0.29, 0.717) is 26.4 Å². The van der Waals surface area contributed by atoms with Crippen molar-refractivity contribution in [2.24, 2.45) is 0 Å². The maximum absolute atomic E-state index is 15.0. The first-order valence-electron chi connectivity index (χ1n) is 9.73. The van der Waals surface area contributed by atoms with Gasteiger partial charge in [-0.1, -0.05) is 29.3 Å². The van der Waals surface area contributed by atoms with Crippen LogP contribution in [0.4, 0.5) is 4.39 Å². The van der Waals surface area contributed by atoms with Gasteiger partial charge in [0.15, 0.2) is 0 Å². The minimum atomic E-state index is -0.857. The average molecular weight is 491 g/mol. The number of benzene rings is 2. The van der Waals surface area contributed by atoms with Crippen LogP contribution in [0.25, 0.3) is 16.6 Å². The van der Waals surface area contributed by atoms with Crippen LogP contribution >= 0.6 is 34.5 Å². The van der Waals surface area contributed by atoms with E-state index in [0.717, 1.165) is 16.5 Å². The van der Waals surface area contributed by atoms with Crippen LogP contribution in [-0.2, 0) is 17.6 Å². The number of H-pyrrole nitrogens is 1. The SMILES string of the molecule is Cc1ccc2c(=O)n(-c3c(F)cc(CC(=O)CCc4ccc(Cl)s4)cc3Cl)c(=O)[nH]c2c1. The zero-order valence-corrected chi connectivity index (χ0v) is 19.2. The monoisotopic (exact) mass is 490 g/mol. The van der Waals surface area contributed by atoms with E-state index in [1.165, 1.54) is 17.4 Å². The van der Waals surface area contributed by atoms with Gasteiger partial charge in [0.2, 0.25) is 0 Å². The van der Waals surface area contributed by atoms with Crippen molar-refractivity contribution in [1.82, 2.24) is 9.55 Å². The Labute approximate surface area is 196 Å². The third-order valence-corrected chi connectivity index (χ3v) is 6.61. The molecule has 0 saturated carbocycles. The lowest BCUT2D eigenvalue weighted by Crippen LogP contribution is -2.34. The second kappa shape index (κ2) is 9.02. The van der Waals surface area contributed by atoms with Crippen LogP contribution in [0.3, 0.4) is 0 Å². The summed E-state index contributed by atoms with van der Waals surface area (Å²) in [7, 11) is 0. The fourth-order valence-corrected chi connectivity index (χ4v) is 4.94. The molecule has 9 heteroatoms. The number of aryl methyl sites for hydroxylation is 2. The molecule has 0 atom stereocenters. The van der Waals surface area contributed by atoms with Crippen molar-refractivity contribution in [3.05, 3.63) is 94.5 Å². The standard InChI is InChI=1S/C23H17Cl2FN2O3S/c1-12-2-6-16-19(8-12)27-23(31)28(22(16)30)21-17(24)10-13(11-18(21)26)9-14(29)3-4-15-5-7-20(25)32-15/h2,5-8,10-11H,3-4,9H2,1H3,(H,27,31). The topological polar surface area (TPSA) is 71.9 Å². The number of carbonyl (C=O) groups is 1. The molecule has 0 saturated heterocycles. The number of aromatic nitrogens is 2. The second-order valence-electron chi connectivity index (χ2n) is 7.45. The van der Waals surface area contributed by atoms with Crippen molar-refractivity contribution >= 4 is 51.2 Å². The zero-order valence-electron chi connectivity index (χ0n) is 16.9. The van der Waals surface area contributed by atoms with Crippen LogP contribution in [0, 0.1) is 12.7 Å². The molecule has 0 bridgehead atoms. The van der Waals surface area contributed by atoms with Gasteiger partial charge in [-0.2, -0.15) is 0 Å². The number of Topliss-reactive ketones (excluding diaryl/α,β-unsaturated/α-hetero) is 1. The molecule has 0 spiro atoms. The maximum Gasteiger partial charge on any atom is 0.333 e. The first kappa shape index (κ1) is 22.5. The average Bonchev–Trinajstić information content (AvgIpc) is 3.13. The summed E-state index contributed by atoms with van der Waals surface area (Å²) in [5.74, 6) is -0.946. The van der Waals surface area contributed by atoms with Gasteiger partial charge < -0.3 is 4.98 Å². The van der Waals surface area contributed by atoms with Gasteiger partial charge in [0.05, 0.1) is 20.3 Å². The molecule has 0 amide bonds. The number of rotatable bonds is 6. The highest BCUT2D eigenvalue weighted by Crippen LogP contribution is 2.26. The second-order valence-corrected chi connectivity index (χ2v) is 9.66. The molecule has 0 radical (unpaired) electrons. The summed E-state index contributed by atoms with van der Waals surface area (Å²) in [6, 6.07) is 11.1. The van der Waals surface area contributed by atoms with E-state index in [1.54, 1.807) is 24.3 Å². The lowest BCUT2D eigenvalue weighted by Gasteiger charge is -2.11. The van der Waals surface area contributed by atoms with Crippen LogP contribution in [0.5, 0.6) is 0 Å². The molecule has 0 fully saturated rings. The summed E-state index contributed by atoms with van der Waals surface area (Å²) in [6.45, 7) is 1.83. The molecule has 2 heterocycles. The van der Waals surface area contributed by atoms with Crippen LogP contribution in [0.2, 0.25) is 9.36 Å². The largest absolute Gasteiger partial charge is 0.333 e. The summed E-state index contributed by atoms with van der Waals surface area (Å²) in [4.78, 5) is 41.4. The minimum Gasteiger partial charge on any atom is -0.306 e. The third kappa shape index (κ3) is 4.55. The first-order chi connectivity index (χ1) is 15.2. The molecule has 0 aliphatic carbocycles. The van der Waals surface area contributed by atoms with Crippen molar-refractivity contribution in [1.29, 1.82) is 0 Å². The van der Waals surface area contributed by atoms with Gasteiger partial charge in [0.25, 0.3) is 5.56 Å². The lowest BCUT2D eigenvalue weighted by molar-refractivity contribution is -0.118. The Morgan fingerprint density at radius 1 is 1.12 bits per heavy atom. The number of carbonyl (C=O) groups excluding carboxylic acids is 1. The Hall–Kier alpha value is -2.74. The molecule has 164 valence electrons. The molecule has 32 heavy (non-hydrogen) atoms. The molecule has 0 unspecified atom stereocenters. The van der Waals surface area contributed by atoms with Crippen molar-refractivity contribution in [2.75, 3.05) is 0 Å². The number of halogens is 3. The lowest BCUT2D eigenvalue weighted by atomic mass is 10.0. The van der Waals surface area contributed by atoms with E-state index in [2.05, 4.69) is 4.98 Å². The third-order valence-electron chi connectivity index (χ3n) is 5.03. The summed E-state index contributed by atoms with van der Waals surface area (Å²) in [6.07, 6.45) is 0.811. The minimum absolute atomic E-state index is 0.0156. The fraction of sp³-hybridized carbons (Fsp3) is 0.174. The highest BCUT2D eigenvalue weighted by Gasteiger charge is 2.18. The van der Waals surface area contributed by atoms with Gasteiger partial charge in [0, 0.05) is 17.7 Å². The smallest absolute Gasteiger partial charge is 0.306 e. The highest BCUT2D eigenvalue weighted by molar-refractivity contribution is 7.16. The number of nitrogens with zero attached hydrogens (tertiary/aromatic N) is 1. The van der Waals surface area contributed by atoms with E-state index in [9.17, 15) is 14.4 Å². The summed E-state index contributed by atoms with van der Waals surface area (Å²) in [5, 5.41) is 0.107. The number of aromatic amines is 1. The van der Waals surface area contributed by atoms with Crippen molar-refractivity contribution in [3.8, 4) is 5.69 Å². The number of fused-ring (bicyclic) bond motifs is 1. The molecule has 5 nitrogen and oxygen atoms in total. The number of nitrogens with one attached hydrogen (secondary N) is 1. The van der Waals surface area contributed by atoms with Gasteiger partial charge >= 0.3 is 5.69 Å². The summed E-state index contributed by atoms with van der Waals surface area (Å²) >= 11 is 13.6. The summed E-state index contributed by atoms with van der Waals surface area (Å²) in [5.41, 5.74) is -0.223. The zero-order chi connectivity index (χ0) is 23.0. The Balaban J connectivity index is 1.63. The molecular formula is C23H17Cl2FN2O3S.